The molecule has 3 aromatic rings. The monoisotopic (exact) mass is 449 g/mol. The number of sulfonamides is 1. The van der Waals surface area contributed by atoms with Gasteiger partial charge in [0.15, 0.2) is 5.84 Å². The molecule has 0 aliphatic carbocycles. The van der Waals surface area contributed by atoms with E-state index in [1.165, 1.54) is 0 Å². The number of nitrogens with zero attached hydrogens (tertiary/aromatic N) is 4. The van der Waals surface area contributed by atoms with Gasteiger partial charge in [-0.3, -0.25) is 4.79 Å². The Morgan fingerprint density at radius 2 is 1.94 bits per heavy atom. The van der Waals surface area contributed by atoms with Gasteiger partial charge in [0.25, 0.3) is 10.0 Å². The molecule has 9 heteroatoms. The van der Waals surface area contributed by atoms with Crippen molar-refractivity contribution in [3.63, 3.8) is 0 Å². The van der Waals surface area contributed by atoms with Crippen molar-refractivity contribution in [1.82, 2.24) is 14.5 Å². The van der Waals surface area contributed by atoms with E-state index in [1.807, 2.05) is 42.3 Å². The maximum atomic E-state index is 13.1. The van der Waals surface area contributed by atoms with Crippen molar-refractivity contribution in [2.45, 2.75) is 37.2 Å². The summed E-state index contributed by atoms with van der Waals surface area (Å²) in [6, 6.07) is 14.0. The van der Waals surface area contributed by atoms with Crippen LogP contribution >= 0.6 is 0 Å². The van der Waals surface area contributed by atoms with Gasteiger partial charge in [-0.1, -0.05) is 24.3 Å². The van der Waals surface area contributed by atoms with E-state index in [9.17, 15) is 13.2 Å². The number of likely N-dealkylation sites (tertiary alicyclic amines) is 1. The highest BCUT2D eigenvalue weighted by atomic mass is 32.2. The molecule has 1 N–H and O–H groups in total. The summed E-state index contributed by atoms with van der Waals surface area (Å²) in [5, 5.41) is 2.98. The summed E-state index contributed by atoms with van der Waals surface area (Å²) in [5.74, 6) is 1.15. The Bertz CT molecular complexity index is 1310. The lowest BCUT2D eigenvalue weighted by molar-refractivity contribution is -0.119. The van der Waals surface area contributed by atoms with Gasteiger partial charge in [0.05, 0.1) is 0 Å². The van der Waals surface area contributed by atoms with Crippen LogP contribution in [0, 0.1) is 6.92 Å². The number of aromatic nitrogens is 2. The lowest BCUT2D eigenvalue weighted by Crippen LogP contribution is -2.43. The first-order chi connectivity index (χ1) is 15.4. The van der Waals surface area contributed by atoms with Gasteiger partial charge >= 0.3 is 0 Å². The molecular formula is C23H23N5O3S. The minimum atomic E-state index is -3.72. The summed E-state index contributed by atoms with van der Waals surface area (Å²) in [6.45, 7) is 3.26. The number of imidazole rings is 1. The van der Waals surface area contributed by atoms with Crippen LogP contribution in [0.15, 0.2) is 70.2 Å². The van der Waals surface area contributed by atoms with Gasteiger partial charge in [0.2, 0.25) is 5.91 Å². The van der Waals surface area contributed by atoms with Gasteiger partial charge in [-0.15, -0.1) is 4.40 Å². The minimum absolute atomic E-state index is 0.162. The van der Waals surface area contributed by atoms with Crippen LogP contribution in [0.4, 0.5) is 5.69 Å². The lowest BCUT2D eigenvalue weighted by atomic mass is 10.1. The van der Waals surface area contributed by atoms with Gasteiger partial charge in [0, 0.05) is 36.7 Å². The molecule has 1 aromatic heterocycles. The number of hydrogen-bond acceptors (Lipinski definition) is 5. The zero-order valence-electron chi connectivity index (χ0n) is 17.6. The van der Waals surface area contributed by atoms with E-state index in [-0.39, 0.29) is 10.8 Å². The fourth-order valence-electron chi connectivity index (χ4n) is 4.28. The van der Waals surface area contributed by atoms with E-state index < -0.39 is 16.1 Å². The SMILES string of the molecule is Cc1nccn1Cc1ccc(NC(=O)[C@@H]2CCCN2C2=NS(=O)(=O)c3ccccc32)cc1. The van der Waals surface area contributed by atoms with Crippen LogP contribution in [-0.2, 0) is 21.4 Å². The predicted octanol–water partition coefficient (Wildman–Crippen LogP) is 2.79. The number of nitrogens with one attached hydrogen (secondary N) is 1. The van der Waals surface area contributed by atoms with Crippen molar-refractivity contribution in [2.24, 2.45) is 4.40 Å². The highest BCUT2D eigenvalue weighted by Gasteiger charge is 2.39. The zero-order chi connectivity index (χ0) is 22.3. The minimum Gasteiger partial charge on any atom is -0.343 e. The number of fused-ring (bicyclic) bond motifs is 1. The Balaban J connectivity index is 1.31. The third-order valence-electron chi connectivity index (χ3n) is 5.94. The summed E-state index contributed by atoms with van der Waals surface area (Å²) in [4.78, 5) is 19.3. The average Bonchev–Trinajstić information content (AvgIpc) is 3.48. The molecule has 5 rings (SSSR count). The van der Waals surface area contributed by atoms with Gasteiger partial charge < -0.3 is 14.8 Å². The van der Waals surface area contributed by atoms with Gasteiger partial charge in [-0.05, 0) is 49.6 Å². The number of carbonyl (C=O) groups is 1. The van der Waals surface area contributed by atoms with Gasteiger partial charge in [0.1, 0.15) is 16.8 Å². The average molecular weight is 450 g/mol. The number of aryl methyl sites for hydroxylation is 1. The van der Waals surface area contributed by atoms with Gasteiger partial charge in [-0.2, -0.15) is 8.42 Å². The Kier molecular flexibility index (Phi) is 5.05. The van der Waals surface area contributed by atoms with Crippen LogP contribution in [0.25, 0.3) is 0 Å². The third-order valence-corrected chi connectivity index (χ3v) is 7.26. The van der Waals surface area contributed by atoms with Crippen LogP contribution in [0.1, 0.15) is 29.8 Å². The highest BCUT2D eigenvalue weighted by molar-refractivity contribution is 7.90. The molecule has 32 heavy (non-hydrogen) atoms. The van der Waals surface area contributed by atoms with E-state index in [4.69, 9.17) is 0 Å². The second-order valence-corrected chi connectivity index (χ2v) is 9.60. The Morgan fingerprint density at radius 3 is 2.69 bits per heavy atom. The van der Waals surface area contributed by atoms with Crippen molar-refractivity contribution in [3.8, 4) is 0 Å². The van der Waals surface area contributed by atoms with Crippen LogP contribution in [0.5, 0.6) is 0 Å². The fourth-order valence-corrected chi connectivity index (χ4v) is 5.49. The molecule has 164 valence electrons. The van der Waals surface area contributed by atoms with Crippen LogP contribution < -0.4 is 5.32 Å². The molecule has 0 saturated carbocycles. The number of amides is 1. The van der Waals surface area contributed by atoms with Gasteiger partial charge in [-0.25, -0.2) is 4.98 Å². The number of anilines is 1. The normalized spacial score (nSPS) is 19.0. The molecule has 0 spiro atoms. The van der Waals surface area contributed by atoms with Crippen molar-refractivity contribution >= 4 is 27.5 Å². The fraction of sp³-hybridized carbons (Fsp3) is 0.261. The number of hydrogen-bond donors (Lipinski definition) is 1. The van der Waals surface area contributed by atoms with E-state index in [0.717, 1.165) is 17.8 Å². The standard InChI is InChI=1S/C23H23N5O3S/c1-16-24-12-14-27(16)15-17-8-10-18(11-9-17)25-23(29)20-6-4-13-28(20)22-19-5-2-3-7-21(19)32(30,31)26-22/h2-3,5,7-12,14,20H,4,6,13,15H2,1H3,(H,25,29)/t20-/m0/s1. The topological polar surface area (TPSA) is 96.7 Å². The first-order valence-electron chi connectivity index (χ1n) is 10.5. The van der Waals surface area contributed by atoms with Crippen molar-refractivity contribution < 1.29 is 13.2 Å². The molecule has 8 nitrogen and oxygen atoms in total. The molecule has 2 aromatic carbocycles. The molecule has 2 aliphatic heterocycles. The first kappa shape index (κ1) is 20.4. The quantitative estimate of drug-likeness (QED) is 0.661. The summed E-state index contributed by atoms with van der Waals surface area (Å²) < 4.78 is 30.9. The molecule has 0 bridgehead atoms. The van der Waals surface area contributed by atoms with Crippen molar-refractivity contribution in [2.75, 3.05) is 11.9 Å². The molecule has 3 heterocycles. The van der Waals surface area contributed by atoms with E-state index in [1.54, 1.807) is 30.5 Å². The molecule has 1 amide bonds. The number of benzene rings is 2. The van der Waals surface area contributed by atoms with Crippen LogP contribution in [0.2, 0.25) is 0 Å². The predicted molar refractivity (Wildman–Crippen MR) is 121 cm³/mol. The lowest BCUT2D eigenvalue weighted by Gasteiger charge is -2.25. The maximum absolute atomic E-state index is 13.1. The van der Waals surface area contributed by atoms with Crippen molar-refractivity contribution in [1.29, 1.82) is 0 Å². The largest absolute Gasteiger partial charge is 0.343 e. The summed E-state index contributed by atoms with van der Waals surface area (Å²) >= 11 is 0. The Labute approximate surface area is 186 Å². The summed E-state index contributed by atoms with van der Waals surface area (Å²) in [5.41, 5.74) is 2.37. The smallest absolute Gasteiger partial charge is 0.285 e. The van der Waals surface area contributed by atoms with Crippen LogP contribution in [-0.4, -0.2) is 47.2 Å². The summed E-state index contributed by atoms with van der Waals surface area (Å²) in [7, 11) is -3.72. The molecule has 0 radical (unpaired) electrons. The number of carbonyl (C=O) groups excluding carboxylic acids is 1. The molecule has 2 aliphatic rings. The highest BCUT2D eigenvalue weighted by Crippen LogP contribution is 2.31. The molecule has 1 saturated heterocycles. The Hall–Kier alpha value is -3.46. The zero-order valence-corrected chi connectivity index (χ0v) is 18.4. The Morgan fingerprint density at radius 1 is 1.16 bits per heavy atom. The summed E-state index contributed by atoms with van der Waals surface area (Å²) in [6.07, 6.45) is 5.15. The second-order valence-electron chi connectivity index (χ2n) is 8.03. The van der Waals surface area contributed by atoms with Crippen molar-refractivity contribution in [3.05, 3.63) is 77.9 Å². The maximum Gasteiger partial charge on any atom is 0.285 e. The van der Waals surface area contributed by atoms with Crippen LogP contribution in [0.3, 0.4) is 0 Å². The molecular weight excluding hydrogens is 426 g/mol. The third kappa shape index (κ3) is 3.69. The number of amidine groups is 1. The van der Waals surface area contributed by atoms with E-state index in [0.29, 0.717) is 36.6 Å². The molecule has 1 atom stereocenters. The molecule has 1 fully saturated rings. The second kappa shape index (κ2) is 7.90. The van der Waals surface area contributed by atoms with E-state index >= 15 is 0 Å². The van der Waals surface area contributed by atoms with E-state index in [2.05, 4.69) is 19.3 Å². The first-order valence-corrected chi connectivity index (χ1v) is 11.9. The molecule has 0 unspecified atom stereocenters. The number of rotatable bonds is 4.